The molecular weight excluding hydrogens is 286 g/mol. The summed E-state index contributed by atoms with van der Waals surface area (Å²) in [4.78, 5) is 31.0. The molecule has 0 aliphatic rings. The highest BCUT2D eigenvalue weighted by atomic mass is 16.6. The van der Waals surface area contributed by atoms with Gasteiger partial charge in [0.25, 0.3) is 0 Å². The third-order valence-electron chi connectivity index (χ3n) is 2.91. The van der Waals surface area contributed by atoms with Crippen molar-refractivity contribution < 1.29 is 19.5 Å². The molecule has 0 saturated heterocycles. The predicted molar refractivity (Wildman–Crippen MR) is 85.2 cm³/mol. The van der Waals surface area contributed by atoms with E-state index in [1.165, 1.54) is 37.1 Å². The summed E-state index contributed by atoms with van der Waals surface area (Å²) in [5.41, 5.74) is 0.591. The Morgan fingerprint density at radius 1 is 1.09 bits per heavy atom. The van der Waals surface area contributed by atoms with Gasteiger partial charge in [0.2, 0.25) is 0 Å². The summed E-state index contributed by atoms with van der Waals surface area (Å²) < 4.78 is 4.71. The molecule has 0 rings (SSSR count). The normalized spacial score (nSPS) is 10.8. The van der Waals surface area contributed by atoms with Crippen LogP contribution in [0.25, 0.3) is 0 Å². The SMILES string of the molecule is CC=CC(=O)OC(=O)C(=CC)CCCCCCCC.O=NO. The molecule has 0 unspecified atom stereocenters. The van der Waals surface area contributed by atoms with Crippen molar-refractivity contribution in [2.45, 2.75) is 65.7 Å². The molecule has 0 spiro atoms. The van der Waals surface area contributed by atoms with E-state index in [1.807, 2.05) is 0 Å². The van der Waals surface area contributed by atoms with E-state index in [9.17, 15) is 9.59 Å². The molecule has 0 heterocycles. The van der Waals surface area contributed by atoms with Gasteiger partial charge in [-0.05, 0) is 26.7 Å². The summed E-state index contributed by atoms with van der Waals surface area (Å²) in [6.07, 6.45) is 12.3. The highest BCUT2D eigenvalue weighted by Crippen LogP contribution is 2.13. The fourth-order valence-electron chi connectivity index (χ4n) is 1.79. The summed E-state index contributed by atoms with van der Waals surface area (Å²) in [7, 11) is 0. The molecule has 0 aromatic heterocycles. The van der Waals surface area contributed by atoms with E-state index in [0.717, 1.165) is 12.8 Å². The fourth-order valence-corrected chi connectivity index (χ4v) is 1.79. The van der Waals surface area contributed by atoms with Gasteiger partial charge in [0.15, 0.2) is 5.34 Å². The van der Waals surface area contributed by atoms with Crippen LogP contribution < -0.4 is 0 Å². The van der Waals surface area contributed by atoms with Gasteiger partial charge >= 0.3 is 11.9 Å². The average molecular weight is 313 g/mol. The molecule has 0 aromatic rings. The second kappa shape index (κ2) is 17.1. The second-order valence-electron chi connectivity index (χ2n) is 4.62. The van der Waals surface area contributed by atoms with Crippen molar-refractivity contribution in [3.05, 3.63) is 28.7 Å². The molecule has 0 amide bonds. The van der Waals surface area contributed by atoms with Crippen molar-refractivity contribution in [2.75, 3.05) is 0 Å². The Morgan fingerprint density at radius 2 is 1.64 bits per heavy atom. The van der Waals surface area contributed by atoms with E-state index in [1.54, 1.807) is 26.0 Å². The van der Waals surface area contributed by atoms with Gasteiger partial charge in [-0.15, -0.1) is 4.91 Å². The highest BCUT2D eigenvalue weighted by Gasteiger charge is 2.12. The van der Waals surface area contributed by atoms with E-state index in [2.05, 4.69) is 6.92 Å². The number of hydrogen-bond acceptors (Lipinski definition) is 5. The summed E-state index contributed by atoms with van der Waals surface area (Å²) in [6, 6.07) is 0. The standard InChI is InChI=1S/C16H26O3.HNO2/c1-4-7-8-9-10-11-13-14(6-3)16(18)19-15(17)12-5-2;2-1-3/h5-6,12H,4,7-11,13H2,1-3H3;(H,2,3). The molecule has 0 aliphatic carbocycles. The van der Waals surface area contributed by atoms with E-state index in [-0.39, 0.29) is 0 Å². The van der Waals surface area contributed by atoms with Gasteiger partial charge in [-0.1, -0.05) is 51.2 Å². The molecule has 0 atom stereocenters. The maximum atomic E-state index is 11.7. The van der Waals surface area contributed by atoms with Crippen molar-refractivity contribution in [3.8, 4) is 0 Å². The Labute approximate surface area is 132 Å². The zero-order valence-electron chi connectivity index (χ0n) is 13.7. The lowest BCUT2D eigenvalue weighted by atomic mass is 10.1. The summed E-state index contributed by atoms with van der Waals surface area (Å²) in [5, 5.41) is 7.89. The van der Waals surface area contributed by atoms with Gasteiger partial charge in [-0.25, -0.2) is 9.59 Å². The minimum absolute atomic E-state index is 0.515. The molecule has 0 fully saturated rings. The Bertz CT molecular complexity index is 375. The van der Waals surface area contributed by atoms with Gasteiger partial charge in [-0.3, -0.25) is 0 Å². The van der Waals surface area contributed by atoms with Crippen LogP contribution >= 0.6 is 0 Å². The number of esters is 2. The van der Waals surface area contributed by atoms with Crippen molar-refractivity contribution in [2.24, 2.45) is 5.34 Å². The summed E-state index contributed by atoms with van der Waals surface area (Å²) in [5.74, 6) is -1.12. The average Bonchev–Trinajstić information content (AvgIpc) is 2.47. The van der Waals surface area contributed by atoms with Crippen LogP contribution in [0, 0.1) is 4.91 Å². The number of carbonyl (C=O) groups is 2. The first-order valence-corrected chi connectivity index (χ1v) is 7.58. The number of nitrogens with zero attached hydrogens (tertiary/aromatic N) is 1. The molecular formula is C16H27NO5. The smallest absolute Gasteiger partial charge is 0.341 e. The molecule has 0 saturated carbocycles. The topological polar surface area (TPSA) is 93.0 Å². The van der Waals surface area contributed by atoms with Crippen molar-refractivity contribution in [1.29, 1.82) is 0 Å². The highest BCUT2D eigenvalue weighted by molar-refractivity contribution is 5.99. The third kappa shape index (κ3) is 14.4. The first kappa shape index (κ1) is 22.3. The van der Waals surface area contributed by atoms with Crippen molar-refractivity contribution >= 4 is 11.9 Å². The molecule has 0 aromatic carbocycles. The van der Waals surface area contributed by atoms with Gasteiger partial charge < -0.3 is 9.94 Å². The molecule has 6 nitrogen and oxygen atoms in total. The van der Waals surface area contributed by atoms with Crippen LogP contribution in [0.4, 0.5) is 0 Å². The van der Waals surface area contributed by atoms with Gasteiger partial charge in [0.05, 0.1) is 0 Å². The minimum Gasteiger partial charge on any atom is -0.386 e. The monoisotopic (exact) mass is 313 g/mol. The number of carbonyl (C=O) groups excluding carboxylic acids is 2. The molecule has 6 heteroatoms. The summed E-state index contributed by atoms with van der Waals surface area (Å²) >= 11 is 0. The van der Waals surface area contributed by atoms with E-state index >= 15 is 0 Å². The van der Waals surface area contributed by atoms with Crippen LogP contribution in [0.1, 0.15) is 65.7 Å². The molecule has 126 valence electrons. The number of ether oxygens (including phenoxy) is 1. The first-order chi connectivity index (χ1) is 10.6. The quantitative estimate of drug-likeness (QED) is 0.169. The Hall–Kier alpha value is -1.98. The lowest BCUT2D eigenvalue weighted by molar-refractivity contribution is -0.153. The predicted octanol–water partition coefficient (Wildman–Crippen LogP) is 4.47. The third-order valence-corrected chi connectivity index (χ3v) is 2.91. The van der Waals surface area contributed by atoms with Crippen LogP contribution in [0.2, 0.25) is 0 Å². The largest absolute Gasteiger partial charge is 0.386 e. The Balaban J connectivity index is 0. The number of unbranched alkanes of at least 4 members (excludes halogenated alkanes) is 5. The van der Waals surface area contributed by atoms with Gasteiger partial charge in [-0.2, -0.15) is 0 Å². The molecule has 0 bridgehead atoms. The van der Waals surface area contributed by atoms with E-state index < -0.39 is 11.9 Å². The van der Waals surface area contributed by atoms with Crippen LogP contribution in [0.5, 0.6) is 0 Å². The second-order valence-corrected chi connectivity index (χ2v) is 4.62. The van der Waals surface area contributed by atoms with Crippen LogP contribution in [-0.4, -0.2) is 17.1 Å². The number of rotatable bonds is 9. The lowest BCUT2D eigenvalue weighted by Crippen LogP contribution is -2.12. The van der Waals surface area contributed by atoms with E-state index in [0.29, 0.717) is 12.0 Å². The molecule has 0 radical (unpaired) electrons. The van der Waals surface area contributed by atoms with Crippen molar-refractivity contribution in [1.82, 2.24) is 0 Å². The van der Waals surface area contributed by atoms with Gasteiger partial charge in [0, 0.05) is 11.6 Å². The fraction of sp³-hybridized carbons (Fsp3) is 0.625. The Kier molecular flexibility index (Phi) is 17.3. The minimum atomic E-state index is -0.602. The maximum Gasteiger partial charge on any atom is 0.341 e. The van der Waals surface area contributed by atoms with Crippen LogP contribution in [-0.2, 0) is 14.3 Å². The molecule has 1 N–H and O–H groups in total. The molecule has 22 heavy (non-hydrogen) atoms. The number of allylic oxidation sites excluding steroid dienone is 2. The number of hydrogen-bond donors (Lipinski definition) is 1. The van der Waals surface area contributed by atoms with Gasteiger partial charge in [0.1, 0.15) is 0 Å². The zero-order valence-corrected chi connectivity index (χ0v) is 13.7. The van der Waals surface area contributed by atoms with E-state index in [4.69, 9.17) is 14.9 Å². The van der Waals surface area contributed by atoms with Crippen LogP contribution in [0.15, 0.2) is 29.1 Å². The van der Waals surface area contributed by atoms with Crippen LogP contribution in [0.3, 0.4) is 0 Å². The first-order valence-electron chi connectivity index (χ1n) is 7.58. The van der Waals surface area contributed by atoms with Crippen molar-refractivity contribution in [3.63, 3.8) is 0 Å². The zero-order chi connectivity index (χ0) is 17.2. The molecule has 0 aliphatic heterocycles. The lowest BCUT2D eigenvalue weighted by Gasteiger charge is -2.05. The Morgan fingerprint density at radius 3 is 2.14 bits per heavy atom. The maximum absolute atomic E-state index is 11.7. The summed E-state index contributed by atoms with van der Waals surface area (Å²) in [6.45, 7) is 5.70.